The summed E-state index contributed by atoms with van der Waals surface area (Å²) in [5, 5.41) is 0. The standard InChI is InChI=1S/C19H24F2N4O.C8H11F3.2C2H6.C2H2/c1-11(2)17-16(12-7-13(20)9-14(21)8-12)23-18-19(3,4)25(15(26)10-22)6-5-24(17)18;1-3-4-5-6-7(2)8(9,10)11;3*1-2/h7-9,11H,5-6,10,22H2,1-4H3;4-6H,3H2,1-2H3;2*1-2H3;1-2H/b;5-4-,7-6+;;;. The molecule has 3 rings (SSSR count). The SMILES string of the molecule is C#C.CC.CC.CC(C)c1c(-c2cc(F)cc(F)c2)nc2n1CCN(C(=O)CN)C2(C)C.CC/C=C\C=C(/C)C(F)(F)F. The fourth-order valence-corrected chi connectivity index (χ4v) is 4.24. The number of carbonyl (C=O) groups is 1. The molecule has 0 spiro atoms. The van der Waals surface area contributed by atoms with E-state index in [9.17, 15) is 26.7 Å². The van der Waals surface area contributed by atoms with Crippen LogP contribution in [0.2, 0.25) is 0 Å². The first-order valence-corrected chi connectivity index (χ1v) is 14.5. The highest BCUT2D eigenvalue weighted by molar-refractivity contribution is 5.79. The van der Waals surface area contributed by atoms with E-state index in [4.69, 9.17) is 10.7 Å². The zero-order chi connectivity index (χ0) is 34.1. The van der Waals surface area contributed by atoms with Gasteiger partial charge in [0, 0.05) is 36.0 Å². The van der Waals surface area contributed by atoms with Gasteiger partial charge in [-0.3, -0.25) is 4.79 Å². The lowest BCUT2D eigenvalue weighted by Crippen LogP contribution is -2.53. The van der Waals surface area contributed by atoms with Gasteiger partial charge in [0.2, 0.25) is 5.91 Å². The Hall–Kier alpha value is -3.45. The number of amides is 1. The Balaban J connectivity index is 0. The van der Waals surface area contributed by atoms with Crippen molar-refractivity contribution in [3.05, 3.63) is 65.2 Å². The molecule has 1 aliphatic rings. The molecule has 1 aliphatic heterocycles. The first-order chi connectivity index (χ1) is 20.1. The van der Waals surface area contributed by atoms with E-state index in [0.29, 0.717) is 30.2 Å². The number of aromatic nitrogens is 2. The number of allylic oxidation sites excluding steroid dienone is 4. The number of hydrogen-bond donors (Lipinski definition) is 1. The van der Waals surface area contributed by atoms with Crippen molar-refractivity contribution in [1.29, 1.82) is 0 Å². The predicted octanol–water partition coefficient (Wildman–Crippen LogP) is 8.75. The third-order valence-corrected chi connectivity index (χ3v) is 6.10. The van der Waals surface area contributed by atoms with Gasteiger partial charge in [-0.1, -0.05) is 66.7 Å². The van der Waals surface area contributed by atoms with Crippen molar-refractivity contribution in [2.75, 3.05) is 13.1 Å². The van der Waals surface area contributed by atoms with Crippen molar-refractivity contribution in [3.8, 4) is 24.1 Å². The third kappa shape index (κ3) is 11.6. The van der Waals surface area contributed by atoms with Crippen LogP contribution in [0, 0.1) is 24.5 Å². The molecule has 0 unspecified atom stereocenters. The summed E-state index contributed by atoms with van der Waals surface area (Å²) >= 11 is 0. The predicted molar refractivity (Wildman–Crippen MR) is 167 cm³/mol. The molecule has 242 valence electrons. The minimum atomic E-state index is -4.18. The van der Waals surface area contributed by atoms with Gasteiger partial charge in [0.05, 0.1) is 17.8 Å². The van der Waals surface area contributed by atoms with Gasteiger partial charge in [-0.2, -0.15) is 13.2 Å². The average Bonchev–Trinajstić information content (AvgIpc) is 3.37. The highest BCUT2D eigenvalue weighted by Crippen LogP contribution is 2.38. The van der Waals surface area contributed by atoms with Crippen molar-refractivity contribution in [2.24, 2.45) is 5.73 Å². The molecule has 0 saturated carbocycles. The van der Waals surface area contributed by atoms with Crippen LogP contribution in [0.5, 0.6) is 0 Å². The summed E-state index contributed by atoms with van der Waals surface area (Å²) in [6.45, 7) is 19.8. The topological polar surface area (TPSA) is 64.2 Å². The number of fused-ring (bicyclic) bond motifs is 1. The minimum absolute atomic E-state index is 0.0663. The van der Waals surface area contributed by atoms with E-state index in [0.717, 1.165) is 31.2 Å². The number of halogens is 5. The van der Waals surface area contributed by atoms with Crippen molar-refractivity contribution >= 4 is 5.91 Å². The molecule has 2 heterocycles. The van der Waals surface area contributed by atoms with E-state index in [2.05, 4.69) is 17.4 Å². The van der Waals surface area contributed by atoms with Crippen molar-refractivity contribution < 1.29 is 26.7 Å². The molecule has 1 amide bonds. The van der Waals surface area contributed by atoms with E-state index in [-0.39, 0.29) is 18.4 Å². The van der Waals surface area contributed by atoms with Crippen LogP contribution in [0.1, 0.15) is 93.1 Å². The lowest BCUT2D eigenvalue weighted by atomic mass is 9.98. The number of rotatable bonds is 5. The van der Waals surface area contributed by atoms with Crippen LogP contribution in [0.15, 0.2) is 42.0 Å². The van der Waals surface area contributed by atoms with Crippen LogP contribution in [0.4, 0.5) is 22.0 Å². The van der Waals surface area contributed by atoms with Gasteiger partial charge in [-0.25, -0.2) is 13.8 Å². The maximum atomic E-state index is 13.8. The number of hydrogen-bond acceptors (Lipinski definition) is 3. The lowest BCUT2D eigenvalue weighted by Gasteiger charge is -2.42. The summed E-state index contributed by atoms with van der Waals surface area (Å²) in [4.78, 5) is 18.7. The molecule has 5 nitrogen and oxygen atoms in total. The minimum Gasteiger partial charge on any atom is -0.327 e. The summed E-state index contributed by atoms with van der Waals surface area (Å²) in [7, 11) is 0. The molecule has 0 atom stereocenters. The number of benzene rings is 1. The van der Waals surface area contributed by atoms with Gasteiger partial charge < -0.3 is 15.2 Å². The third-order valence-electron chi connectivity index (χ3n) is 6.10. The fraction of sp³-hybridized carbons (Fsp3) is 0.515. The summed E-state index contributed by atoms with van der Waals surface area (Å²) in [5.74, 6) is -0.618. The van der Waals surface area contributed by atoms with Gasteiger partial charge in [0.25, 0.3) is 0 Å². The Morgan fingerprint density at radius 1 is 1.07 bits per heavy atom. The van der Waals surface area contributed by atoms with Gasteiger partial charge in [-0.05, 0) is 45.2 Å². The van der Waals surface area contributed by atoms with Crippen LogP contribution in [0.25, 0.3) is 11.3 Å². The average molecular weight is 613 g/mol. The van der Waals surface area contributed by atoms with Gasteiger partial charge >= 0.3 is 6.18 Å². The Labute approximate surface area is 255 Å². The number of imidazole rings is 1. The smallest absolute Gasteiger partial charge is 0.327 e. The Morgan fingerprint density at radius 2 is 1.58 bits per heavy atom. The maximum absolute atomic E-state index is 13.8. The molecule has 0 aliphatic carbocycles. The van der Waals surface area contributed by atoms with E-state index < -0.39 is 28.9 Å². The van der Waals surface area contributed by atoms with E-state index >= 15 is 0 Å². The molecule has 0 radical (unpaired) electrons. The fourth-order valence-electron chi connectivity index (χ4n) is 4.24. The van der Waals surface area contributed by atoms with Gasteiger partial charge in [-0.15, -0.1) is 12.8 Å². The monoisotopic (exact) mass is 612 g/mol. The zero-order valence-corrected chi connectivity index (χ0v) is 27.2. The molecular formula is C33H49F5N4O. The molecule has 2 aromatic rings. The van der Waals surface area contributed by atoms with Crippen LogP contribution in [-0.2, 0) is 16.9 Å². The molecular weight excluding hydrogens is 563 g/mol. The molecule has 0 fully saturated rings. The summed E-state index contributed by atoms with van der Waals surface area (Å²) in [6, 6.07) is 3.43. The summed E-state index contributed by atoms with van der Waals surface area (Å²) in [6.07, 6.45) is 8.74. The molecule has 10 heteroatoms. The molecule has 43 heavy (non-hydrogen) atoms. The second-order valence-electron chi connectivity index (χ2n) is 9.63. The van der Waals surface area contributed by atoms with E-state index in [1.165, 1.54) is 18.2 Å². The number of carbonyl (C=O) groups excluding carboxylic acids is 1. The molecule has 0 bridgehead atoms. The van der Waals surface area contributed by atoms with E-state index in [1.54, 1.807) is 11.0 Å². The maximum Gasteiger partial charge on any atom is 0.412 e. The highest BCUT2D eigenvalue weighted by atomic mass is 19.4. The van der Waals surface area contributed by atoms with Crippen molar-refractivity contribution in [3.63, 3.8) is 0 Å². The highest BCUT2D eigenvalue weighted by Gasteiger charge is 2.41. The van der Waals surface area contributed by atoms with E-state index in [1.807, 2.05) is 62.3 Å². The quantitative estimate of drug-likeness (QED) is 0.209. The number of terminal acetylenes is 1. The van der Waals surface area contributed by atoms with Crippen LogP contribution in [0.3, 0.4) is 0 Å². The number of nitrogens with two attached hydrogens (primary N) is 1. The van der Waals surface area contributed by atoms with Gasteiger partial charge in [0.1, 0.15) is 17.5 Å². The molecule has 2 N–H and O–H groups in total. The second-order valence-corrected chi connectivity index (χ2v) is 9.63. The summed E-state index contributed by atoms with van der Waals surface area (Å²) < 4.78 is 64.9. The summed E-state index contributed by atoms with van der Waals surface area (Å²) in [5.41, 5.74) is 6.20. The molecule has 0 saturated heterocycles. The van der Waals surface area contributed by atoms with Crippen LogP contribution >= 0.6 is 0 Å². The second kappa shape index (κ2) is 19.7. The van der Waals surface area contributed by atoms with Crippen molar-refractivity contribution in [2.45, 2.75) is 99.8 Å². The van der Waals surface area contributed by atoms with Crippen LogP contribution < -0.4 is 5.73 Å². The molecule has 1 aromatic carbocycles. The first-order valence-electron chi connectivity index (χ1n) is 14.5. The lowest BCUT2D eigenvalue weighted by molar-refractivity contribution is -0.137. The Morgan fingerprint density at radius 3 is 2.00 bits per heavy atom. The Kier molecular flexibility index (Phi) is 19.1. The largest absolute Gasteiger partial charge is 0.412 e. The number of nitrogens with zero attached hydrogens (tertiary/aromatic N) is 3. The van der Waals surface area contributed by atoms with Crippen LogP contribution in [-0.4, -0.2) is 39.6 Å². The number of alkyl halides is 3. The van der Waals surface area contributed by atoms with Gasteiger partial charge in [0.15, 0.2) is 0 Å². The first kappa shape index (κ1) is 41.7. The van der Waals surface area contributed by atoms with Crippen molar-refractivity contribution in [1.82, 2.24) is 14.5 Å². The Bertz CT molecular complexity index is 1190. The zero-order valence-electron chi connectivity index (χ0n) is 27.2. The molecule has 1 aromatic heterocycles. The normalized spacial score (nSPS) is 13.7.